The molecule has 1 aliphatic carbocycles. The molecule has 2 N–H and O–H groups in total. The van der Waals surface area contributed by atoms with Crippen molar-refractivity contribution in [3.8, 4) is 0 Å². The van der Waals surface area contributed by atoms with Gasteiger partial charge in [-0.2, -0.15) is 5.10 Å². The van der Waals surface area contributed by atoms with E-state index in [4.69, 9.17) is 32.4 Å². The van der Waals surface area contributed by atoms with Gasteiger partial charge in [-0.3, -0.25) is 14.5 Å². The number of amides is 2. The summed E-state index contributed by atoms with van der Waals surface area (Å²) in [6.07, 6.45) is 3.06. The quantitative estimate of drug-likeness (QED) is 0.439. The van der Waals surface area contributed by atoms with E-state index in [1.165, 1.54) is 6.07 Å². The minimum atomic E-state index is -0.430. The zero-order valence-corrected chi connectivity index (χ0v) is 20.6. The van der Waals surface area contributed by atoms with E-state index >= 15 is 0 Å². The van der Waals surface area contributed by atoms with E-state index in [1.54, 1.807) is 12.1 Å². The number of furan rings is 1. The van der Waals surface area contributed by atoms with Gasteiger partial charge in [0.25, 0.3) is 11.8 Å². The molecule has 1 fully saturated rings. The number of halogens is 2. The molecule has 8 nitrogen and oxygen atoms in total. The van der Waals surface area contributed by atoms with Crippen molar-refractivity contribution in [3.05, 3.63) is 56.5 Å². The van der Waals surface area contributed by atoms with Crippen LogP contribution in [-0.4, -0.2) is 61.8 Å². The van der Waals surface area contributed by atoms with Gasteiger partial charge >= 0.3 is 0 Å². The Morgan fingerprint density at radius 3 is 2.71 bits per heavy atom. The number of rotatable bonds is 7. The average Bonchev–Trinajstić information content (AvgIpc) is 3.18. The van der Waals surface area contributed by atoms with Gasteiger partial charge < -0.3 is 14.5 Å². The molecule has 2 amide bonds. The highest BCUT2D eigenvalue weighted by molar-refractivity contribution is 6.36. The second-order valence-electron chi connectivity index (χ2n) is 8.39. The van der Waals surface area contributed by atoms with Gasteiger partial charge in [0.05, 0.1) is 29.5 Å². The Kier molecular flexibility index (Phi) is 8.26. The van der Waals surface area contributed by atoms with Gasteiger partial charge in [0.1, 0.15) is 5.76 Å². The lowest BCUT2D eigenvalue weighted by Gasteiger charge is -2.26. The van der Waals surface area contributed by atoms with Gasteiger partial charge in [0.15, 0.2) is 5.76 Å². The number of ether oxygens (including phenoxy) is 1. The zero-order chi connectivity index (χ0) is 24.1. The van der Waals surface area contributed by atoms with E-state index < -0.39 is 5.91 Å². The predicted molar refractivity (Wildman–Crippen MR) is 131 cm³/mol. The minimum Gasteiger partial charge on any atom is -0.455 e. The van der Waals surface area contributed by atoms with E-state index in [0.717, 1.165) is 69.0 Å². The fraction of sp³-hybridized carbons (Fsp3) is 0.458. The van der Waals surface area contributed by atoms with Gasteiger partial charge in [-0.25, -0.2) is 5.43 Å². The van der Waals surface area contributed by atoms with E-state index in [0.29, 0.717) is 29.5 Å². The number of hydrazone groups is 1. The lowest BCUT2D eigenvalue weighted by Crippen LogP contribution is -2.38. The number of nitrogens with one attached hydrogen (secondary N) is 2. The number of benzene rings is 1. The molecule has 10 heteroatoms. The molecular weight excluding hydrogens is 479 g/mol. The predicted octanol–water partition coefficient (Wildman–Crippen LogP) is 3.82. The number of hydrogen-bond acceptors (Lipinski definition) is 6. The van der Waals surface area contributed by atoms with Crippen molar-refractivity contribution < 1.29 is 18.7 Å². The molecule has 2 heterocycles. The first-order valence-electron chi connectivity index (χ1n) is 11.5. The number of hydrogen-bond donors (Lipinski definition) is 2. The van der Waals surface area contributed by atoms with Crippen LogP contribution < -0.4 is 10.7 Å². The summed E-state index contributed by atoms with van der Waals surface area (Å²) in [6, 6.07) is 4.66. The standard InChI is InChI=1S/C24H28Cl2N4O4/c1-15-21-19(28-29-23(31)17-7-6-16(25)14-18(17)26)4-2-5-20(21)34-22(15)24(32)27-8-3-9-30-10-12-33-13-11-30/h6-7,14H,2-5,8-13H2,1H3,(H,27,32)(H,29,31)/b28-19+. The molecule has 1 saturated heterocycles. The van der Waals surface area contributed by atoms with Crippen LogP contribution in [0.2, 0.25) is 10.0 Å². The fourth-order valence-corrected chi connectivity index (χ4v) is 4.75. The number of fused-ring (bicyclic) bond motifs is 1. The Hall–Kier alpha value is -2.39. The van der Waals surface area contributed by atoms with Crippen molar-refractivity contribution >= 4 is 40.7 Å². The minimum absolute atomic E-state index is 0.231. The lowest BCUT2D eigenvalue weighted by atomic mass is 9.93. The normalized spacial score (nSPS) is 17.4. The Bertz CT molecular complexity index is 1090. The summed E-state index contributed by atoms with van der Waals surface area (Å²) in [4.78, 5) is 27.7. The van der Waals surface area contributed by atoms with E-state index in [1.807, 2.05) is 6.92 Å². The van der Waals surface area contributed by atoms with Gasteiger partial charge in [-0.1, -0.05) is 23.2 Å². The van der Waals surface area contributed by atoms with Crippen molar-refractivity contribution in [2.75, 3.05) is 39.4 Å². The molecule has 182 valence electrons. The fourth-order valence-electron chi connectivity index (χ4n) is 4.26. The third-order valence-corrected chi connectivity index (χ3v) is 6.59. The maximum atomic E-state index is 12.8. The van der Waals surface area contributed by atoms with Crippen LogP contribution >= 0.6 is 23.2 Å². The van der Waals surface area contributed by atoms with Crippen LogP contribution in [0.4, 0.5) is 0 Å². The summed E-state index contributed by atoms with van der Waals surface area (Å²) in [5, 5.41) is 8.00. The Morgan fingerprint density at radius 2 is 1.94 bits per heavy atom. The molecule has 4 rings (SSSR count). The third-order valence-electron chi connectivity index (χ3n) is 6.04. The Morgan fingerprint density at radius 1 is 1.15 bits per heavy atom. The number of carbonyl (C=O) groups excluding carboxylic acids is 2. The maximum absolute atomic E-state index is 12.8. The molecule has 2 aliphatic rings. The van der Waals surface area contributed by atoms with Crippen molar-refractivity contribution in [2.45, 2.75) is 32.6 Å². The van der Waals surface area contributed by atoms with E-state index in [9.17, 15) is 9.59 Å². The largest absolute Gasteiger partial charge is 0.455 e. The summed E-state index contributed by atoms with van der Waals surface area (Å²) in [5.74, 6) is 0.365. The van der Waals surface area contributed by atoms with Crippen LogP contribution in [0.3, 0.4) is 0 Å². The molecule has 0 spiro atoms. The van der Waals surface area contributed by atoms with Crippen LogP contribution in [0.5, 0.6) is 0 Å². The van der Waals surface area contributed by atoms with Crippen molar-refractivity contribution in [1.29, 1.82) is 0 Å². The van der Waals surface area contributed by atoms with Crippen molar-refractivity contribution in [2.24, 2.45) is 5.10 Å². The molecule has 2 aromatic rings. The first-order valence-corrected chi connectivity index (χ1v) is 12.2. The Labute approximate surface area is 208 Å². The van der Waals surface area contributed by atoms with Crippen molar-refractivity contribution in [3.63, 3.8) is 0 Å². The van der Waals surface area contributed by atoms with E-state index in [-0.39, 0.29) is 16.5 Å². The number of carbonyl (C=O) groups is 2. The van der Waals surface area contributed by atoms with Crippen LogP contribution in [0.1, 0.15) is 57.1 Å². The summed E-state index contributed by atoms with van der Waals surface area (Å²) >= 11 is 12.0. The van der Waals surface area contributed by atoms with Crippen LogP contribution in [0.25, 0.3) is 0 Å². The molecule has 0 atom stereocenters. The average molecular weight is 507 g/mol. The molecule has 1 aliphatic heterocycles. The molecule has 34 heavy (non-hydrogen) atoms. The van der Waals surface area contributed by atoms with Crippen LogP contribution in [-0.2, 0) is 11.2 Å². The number of morpholine rings is 1. The summed E-state index contributed by atoms with van der Waals surface area (Å²) in [5.41, 5.74) is 5.08. The van der Waals surface area contributed by atoms with Gasteiger partial charge in [-0.15, -0.1) is 0 Å². The number of nitrogens with zero attached hydrogens (tertiary/aromatic N) is 2. The summed E-state index contributed by atoms with van der Waals surface area (Å²) < 4.78 is 11.3. The molecule has 0 unspecified atom stereocenters. The molecule has 0 saturated carbocycles. The monoisotopic (exact) mass is 506 g/mol. The molecule has 1 aromatic heterocycles. The summed E-state index contributed by atoms with van der Waals surface area (Å²) in [6.45, 7) is 6.73. The second kappa shape index (κ2) is 11.4. The highest BCUT2D eigenvalue weighted by Gasteiger charge is 2.28. The van der Waals surface area contributed by atoms with Gasteiger partial charge in [-0.05, 0) is 50.9 Å². The van der Waals surface area contributed by atoms with Gasteiger partial charge in [0, 0.05) is 42.2 Å². The van der Waals surface area contributed by atoms with Crippen LogP contribution in [0.15, 0.2) is 27.7 Å². The third kappa shape index (κ3) is 5.81. The second-order valence-corrected chi connectivity index (χ2v) is 9.24. The molecule has 1 aromatic carbocycles. The zero-order valence-electron chi connectivity index (χ0n) is 19.1. The maximum Gasteiger partial charge on any atom is 0.287 e. The Balaban J connectivity index is 1.39. The lowest BCUT2D eigenvalue weighted by molar-refractivity contribution is 0.0374. The highest BCUT2D eigenvalue weighted by atomic mass is 35.5. The molecule has 0 bridgehead atoms. The smallest absolute Gasteiger partial charge is 0.287 e. The van der Waals surface area contributed by atoms with Gasteiger partial charge in [0.2, 0.25) is 0 Å². The molecule has 0 radical (unpaired) electrons. The summed E-state index contributed by atoms with van der Waals surface area (Å²) in [7, 11) is 0. The first-order chi connectivity index (χ1) is 16.4. The SMILES string of the molecule is Cc1c(C(=O)NCCCN2CCOCC2)oc2c1/C(=N/NC(=O)c1ccc(Cl)cc1Cl)CCC2. The number of aryl methyl sites for hydroxylation is 1. The van der Waals surface area contributed by atoms with E-state index in [2.05, 4.69) is 20.7 Å². The topological polar surface area (TPSA) is 96.2 Å². The van der Waals surface area contributed by atoms with Crippen LogP contribution in [0, 0.1) is 6.92 Å². The van der Waals surface area contributed by atoms with Crippen molar-refractivity contribution in [1.82, 2.24) is 15.6 Å². The first kappa shape index (κ1) is 24.7. The molecular formula is C24H28Cl2N4O4. The highest BCUT2D eigenvalue weighted by Crippen LogP contribution is 2.30.